The molecular formula is C27H30ClN3. The van der Waals surface area contributed by atoms with Crippen molar-refractivity contribution in [1.82, 2.24) is 4.90 Å². The first-order valence-electron chi connectivity index (χ1n) is 11.1. The van der Waals surface area contributed by atoms with Crippen LogP contribution in [0, 0.1) is 0 Å². The number of anilines is 1. The van der Waals surface area contributed by atoms with E-state index in [0.29, 0.717) is 12.0 Å². The lowest BCUT2D eigenvalue weighted by molar-refractivity contribution is 0.328. The van der Waals surface area contributed by atoms with Gasteiger partial charge in [0, 0.05) is 17.3 Å². The summed E-state index contributed by atoms with van der Waals surface area (Å²) in [6, 6.07) is 29.7. The molecule has 1 unspecified atom stereocenters. The fourth-order valence-corrected chi connectivity index (χ4v) is 4.32. The third kappa shape index (κ3) is 5.89. The third-order valence-corrected chi connectivity index (χ3v) is 6.24. The Morgan fingerprint density at radius 1 is 0.968 bits per heavy atom. The second-order valence-electron chi connectivity index (χ2n) is 8.29. The van der Waals surface area contributed by atoms with Gasteiger partial charge in [-0.05, 0) is 60.6 Å². The molecular weight excluding hydrogens is 402 g/mol. The van der Waals surface area contributed by atoms with Crippen LogP contribution in [0.4, 0.5) is 5.69 Å². The van der Waals surface area contributed by atoms with Gasteiger partial charge < -0.3 is 10.2 Å². The summed E-state index contributed by atoms with van der Waals surface area (Å²) in [5.74, 6) is 1.52. The Balaban J connectivity index is 1.42. The van der Waals surface area contributed by atoms with Crippen molar-refractivity contribution in [3.05, 3.63) is 101 Å². The van der Waals surface area contributed by atoms with Crippen LogP contribution < -0.4 is 5.32 Å². The van der Waals surface area contributed by atoms with Gasteiger partial charge in [-0.25, -0.2) is 0 Å². The van der Waals surface area contributed by atoms with Gasteiger partial charge in [0.2, 0.25) is 0 Å². The number of nitrogens with zero attached hydrogens (tertiary/aromatic N) is 2. The first-order chi connectivity index (χ1) is 15.2. The van der Waals surface area contributed by atoms with Crippen molar-refractivity contribution < 1.29 is 0 Å². The van der Waals surface area contributed by atoms with Gasteiger partial charge in [-0.1, -0.05) is 79.2 Å². The molecule has 0 saturated carbocycles. The third-order valence-electron chi connectivity index (χ3n) is 5.98. The van der Waals surface area contributed by atoms with E-state index in [2.05, 4.69) is 77.8 Å². The van der Waals surface area contributed by atoms with Crippen LogP contribution in [-0.2, 0) is 6.42 Å². The van der Waals surface area contributed by atoms with Crippen molar-refractivity contribution >= 4 is 23.2 Å². The van der Waals surface area contributed by atoms with E-state index in [9.17, 15) is 0 Å². The number of hydrogen-bond acceptors (Lipinski definition) is 3. The Morgan fingerprint density at radius 2 is 1.65 bits per heavy atom. The molecule has 0 amide bonds. The number of aliphatic imine (C=N–C) groups is 1. The maximum atomic E-state index is 6.05. The van der Waals surface area contributed by atoms with E-state index in [-0.39, 0.29) is 0 Å². The van der Waals surface area contributed by atoms with Gasteiger partial charge >= 0.3 is 0 Å². The molecule has 4 heteroatoms. The lowest BCUT2D eigenvalue weighted by atomic mass is 9.96. The summed E-state index contributed by atoms with van der Waals surface area (Å²) in [5, 5.41) is 4.26. The molecule has 160 valence electrons. The highest BCUT2D eigenvalue weighted by atomic mass is 35.5. The second kappa shape index (κ2) is 10.5. The van der Waals surface area contributed by atoms with Crippen molar-refractivity contribution in [2.45, 2.75) is 38.1 Å². The van der Waals surface area contributed by atoms with E-state index < -0.39 is 0 Å². The van der Waals surface area contributed by atoms with Crippen molar-refractivity contribution in [1.29, 1.82) is 0 Å². The molecule has 0 fully saturated rings. The average molecular weight is 432 g/mol. The fourth-order valence-electron chi connectivity index (χ4n) is 4.19. The topological polar surface area (TPSA) is 27.6 Å². The number of hydrogen-bond donors (Lipinski definition) is 1. The van der Waals surface area contributed by atoms with Gasteiger partial charge in [0.05, 0.1) is 12.6 Å². The van der Waals surface area contributed by atoms with Gasteiger partial charge in [-0.3, -0.25) is 4.99 Å². The molecule has 0 spiro atoms. The van der Waals surface area contributed by atoms with Crippen LogP contribution in [0.25, 0.3) is 0 Å². The molecule has 4 rings (SSSR count). The molecule has 3 aromatic carbocycles. The summed E-state index contributed by atoms with van der Waals surface area (Å²) < 4.78 is 0. The molecule has 1 N–H and O–H groups in total. The molecule has 3 aromatic rings. The average Bonchev–Trinajstić information content (AvgIpc) is 3.17. The van der Waals surface area contributed by atoms with E-state index in [1.165, 1.54) is 11.1 Å². The van der Waals surface area contributed by atoms with E-state index in [0.717, 1.165) is 49.0 Å². The minimum Gasteiger partial charge on any atom is -0.338 e. The molecule has 0 aliphatic carbocycles. The number of rotatable bonds is 8. The van der Waals surface area contributed by atoms with E-state index in [4.69, 9.17) is 16.6 Å². The van der Waals surface area contributed by atoms with Gasteiger partial charge in [0.15, 0.2) is 5.96 Å². The van der Waals surface area contributed by atoms with Gasteiger partial charge in [-0.15, -0.1) is 0 Å². The smallest absolute Gasteiger partial charge is 0.198 e. The lowest BCUT2D eigenvalue weighted by Crippen LogP contribution is -2.41. The number of halogens is 1. The molecule has 1 aliphatic rings. The van der Waals surface area contributed by atoms with Crippen LogP contribution in [-0.4, -0.2) is 30.0 Å². The summed E-state index contributed by atoms with van der Waals surface area (Å²) in [6.07, 6.45) is 3.29. The van der Waals surface area contributed by atoms with E-state index in [1.54, 1.807) is 0 Å². The van der Waals surface area contributed by atoms with Gasteiger partial charge in [0.25, 0.3) is 0 Å². The molecule has 0 bridgehead atoms. The zero-order valence-electron chi connectivity index (χ0n) is 18.0. The summed E-state index contributed by atoms with van der Waals surface area (Å²) in [4.78, 5) is 7.32. The standard InChI is InChI=1S/C27H30ClN3/c1-21(23-12-6-3-7-13-23)9-8-18-31-26(19-22-10-4-2-5-11-22)20-29-27(31)30-25-16-14-24(28)15-17-25/h2-7,10-17,21,26H,8-9,18-20H2,1H3,(H,29,30)/t21?,26-/m0/s1. The predicted octanol–water partition coefficient (Wildman–Crippen LogP) is 6.62. The first-order valence-corrected chi connectivity index (χ1v) is 11.5. The Kier molecular flexibility index (Phi) is 7.26. The van der Waals surface area contributed by atoms with Gasteiger partial charge in [0.1, 0.15) is 0 Å². The molecule has 2 atom stereocenters. The Morgan fingerprint density at radius 3 is 2.35 bits per heavy atom. The van der Waals surface area contributed by atoms with Crippen LogP contribution in [0.2, 0.25) is 5.02 Å². The number of benzene rings is 3. The zero-order valence-corrected chi connectivity index (χ0v) is 18.8. The minimum absolute atomic E-state index is 0.379. The lowest BCUT2D eigenvalue weighted by Gasteiger charge is -2.29. The van der Waals surface area contributed by atoms with Crippen LogP contribution in [0.5, 0.6) is 0 Å². The van der Waals surface area contributed by atoms with E-state index >= 15 is 0 Å². The predicted molar refractivity (Wildman–Crippen MR) is 132 cm³/mol. The molecule has 0 radical (unpaired) electrons. The zero-order chi connectivity index (χ0) is 21.5. The van der Waals surface area contributed by atoms with Crippen molar-refractivity contribution in [2.24, 2.45) is 4.99 Å². The SMILES string of the molecule is CC(CCCN1C(Nc2ccc(Cl)cc2)=NC[C@@H]1Cc1ccccc1)c1ccccc1. The molecule has 0 saturated heterocycles. The summed E-state index contributed by atoms with van der Waals surface area (Å²) in [5.41, 5.74) is 3.79. The molecule has 0 aromatic heterocycles. The normalized spacial score (nSPS) is 16.8. The summed E-state index contributed by atoms with van der Waals surface area (Å²) >= 11 is 6.05. The highest BCUT2D eigenvalue weighted by molar-refractivity contribution is 6.30. The quantitative estimate of drug-likeness (QED) is 0.434. The number of nitrogens with one attached hydrogen (secondary N) is 1. The fraction of sp³-hybridized carbons (Fsp3) is 0.296. The highest BCUT2D eigenvalue weighted by Gasteiger charge is 2.27. The maximum Gasteiger partial charge on any atom is 0.198 e. The Hall–Kier alpha value is -2.78. The molecule has 1 aliphatic heterocycles. The van der Waals surface area contributed by atoms with Crippen molar-refractivity contribution in [2.75, 3.05) is 18.4 Å². The molecule has 31 heavy (non-hydrogen) atoms. The summed E-state index contributed by atoms with van der Waals surface area (Å²) in [6.45, 7) is 4.13. The highest BCUT2D eigenvalue weighted by Crippen LogP contribution is 2.23. The minimum atomic E-state index is 0.379. The first kappa shape index (κ1) is 21.5. The van der Waals surface area contributed by atoms with Crippen LogP contribution in [0.3, 0.4) is 0 Å². The largest absolute Gasteiger partial charge is 0.338 e. The number of guanidine groups is 1. The van der Waals surface area contributed by atoms with Gasteiger partial charge in [-0.2, -0.15) is 0 Å². The monoisotopic (exact) mass is 431 g/mol. The molecule has 1 heterocycles. The second-order valence-corrected chi connectivity index (χ2v) is 8.72. The Labute approximate surface area is 190 Å². The van der Waals surface area contributed by atoms with Crippen molar-refractivity contribution in [3.8, 4) is 0 Å². The van der Waals surface area contributed by atoms with Crippen LogP contribution >= 0.6 is 11.6 Å². The summed E-state index contributed by atoms with van der Waals surface area (Å²) in [7, 11) is 0. The van der Waals surface area contributed by atoms with Crippen LogP contribution in [0.1, 0.15) is 36.8 Å². The Bertz CT molecular complexity index is 970. The maximum absolute atomic E-state index is 6.05. The van der Waals surface area contributed by atoms with E-state index in [1.807, 2.05) is 24.3 Å². The van der Waals surface area contributed by atoms with Crippen molar-refractivity contribution in [3.63, 3.8) is 0 Å². The van der Waals surface area contributed by atoms with Crippen LogP contribution in [0.15, 0.2) is 89.9 Å². The molecule has 3 nitrogen and oxygen atoms in total.